The highest BCUT2D eigenvalue weighted by atomic mass is 16.1. The molecule has 1 atom stereocenters. The van der Waals surface area contributed by atoms with E-state index in [1.807, 2.05) is 6.92 Å². The molecule has 76 valence electrons. The van der Waals surface area contributed by atoms with Crippen molar-refractivity contribution in [2.45, 2.75) is 46.6 Å². The van der Waals surface area contributed by atoms with E-state index in [1.165, 1.54) is 0 Å². The second-order valence-electron chi connectivity index (χ2n) is 3.37. The summed E-state index contributed by atoms with van der Waals surface area (Å²) in [5.41, 5.74) is 0. The second-order valence-corrected chi connectivity index (χ2v) is 3.37. The van der Waals surface area contributed by atoms with Crippen LogP contribution in [0.3, 0.4) is 0 Å². The average Bonchev–Trinajstić information content (AvgIpc) is 2.06. The molecule has 0 radical (unpaired) electrons. The lowest BCUT2D eigenvalue weighted by Crippen LogP contribution is -2.36. The molecule has 0 heterocycles. The third-order valence-corrected chi connectivity index (χ3v) is 2.44. The summed E-state index contributed by atoms with van der Waals surface area (Å²) in [7, 11) is 0. The van der Waals surface area contributed by atoms with Crippen molar-refractivity contribution in [2.24, 2.45) is 5.92 Å². The number of carbonyl (C=O) groups excluding carboxylic acids is 1. The zero-order chi connectivity index (χ0) is 10.3. The summed E-state index contributed by atoms with van der Waals surface area (Å²) >= 11 is 0. The van der Waals surface area contributed by atoms with Gasteiger partial charge in [0, 0.05) is 6.04 Å². The Balaban J connectivity index is 3.97. The van der Waals surface area contributed by atoms with Crippen molar-refractivity contribution in [3.8, 4) is 0 Å². The van der Waals surface area contributed by atoms with Gasteiger partial charge in [-0.3, -0.25) is 4.79 Å². The summed E-state index contributed by atoms with van der Waals surface area (Å²) in [6, 6.07) is 0.277. The lowest BCUT2D eigenvalue weighted by Gasteiger charge is -2.21. The summed E-state index contributed by atoms with van der Waals surface area (Å²) in [5, 5.41) is 2.96. The molecule has 0 fully saturated rings. The standard InChI is InChI=1S/C11H21NO/c1-5-8-11(13)12-9(4)10(6-2)7-3/h5,8-10H,6-7H2,1-4H3,(H,12,13). The monoisotopic (exact) mass is 183 g/mol. The molecule has 0 bridgehead atoms. The SMILES string of the molecule is CC=CC(=O)NC(C)C(CC)CC. The molecule has 0 aliphatic carbocycles. The fourth-order valence-corrected chi connectivity index (χ4v) is 1.54. The largest absolute Gasteiger partial charge is 0.350 e. The molecule has 0 saturated carbocycles. The van der Waals surface area contributed by atoms with E-state index >= 15 is 0 Å². The fourth-order valence-electron chi connectivity index (χ4n) is 1.54. The molecule has 0 aliphatic rings. The zero-order valence-corrected chi connectivity index (χ0v) is 9.13. The van der Waals surface area contributed by atoms with Gasteiger partial charge in [0.1, 0.15) is 0 Å². The molecule has 1 amide bonds. The average molecular weight is 183 g/mol. The number of amides is 1. The quantitative estimate of drug-likeness (QED) is 0.652. The topological polar surface area (TPSA) is 29.1 Å². The minimum atomic E-state index is 0.0156. The van der Waals surface area contributed by atoms with Crippen LogP contribution in [0.1, 0.15) is 40.5 Å². The van der Waals surface area contributed by atoms with E-state index in [-0.39, 0.29) is 11.9 Å². The van der Waals surface area contributed by atoms with Gasteiger partial charge >= 0.3 is 0 Å². The summed E-state index contributed by atoms with van der Waals surface area (Å²) in [4.78, 5) is 11.2. The van der Waals surface area contributed by atoms with Crippen molar-refractivity contribution in [3.05, 3.63) is 12.2 Å². The lowest BCUT2D eigenvalue weighted by atomic mass is 9.95. The van der Waals surface area contributed by atoms with Gasteiger partial charge in [0.2, 0.25) is 5.91 Å². The summed E-state index contributed by atoms with van der Waals surface area (Å²) in [6.45, 7) is 8.24. The van der Waals surface area contributed by atoms with Crippen LogP contribution in [0.25, 0.3) is 0 Å². The van der Waals surface area contributed by atoms with Crippen molar-refractivity contribution in [3.63, 3.8) is 0 Å². The number of nitrogens with one attached hydrogen (secondary N) is 1. The van der Waals surface area contributed by atoms with Gasteiger partial charge in [-0.15, -0.1) is 0 Å². The third-order valence-electron chi connectivity index (χ3n) is 2.44. The predicted molar refractivity (Wildman–Crippen MR) is 56.5 cm³/mol. The Hall–Kier alpha value is -0.790. The van der Waals surface area contributed by atoms with Crippen molar-refractivity contribution < 1.29 is 4.79 Å². The number of rotatable bonds is 5. The Labute approximate surface area is 81.4 Å². The third kappa shape index (κ3) is 4.71. The van der Waals surface area contributed by atoms with Gasteiger partial charge in [0.05, 0.1) is 0 Å². The van der Waals surface area contributed by atoms with E-state index in [2.05, 4.69) is 26.1 Å². The van der Waals surface area contributed by atoms with Crippen LogP contribution in [0.15, 0.2) is 12.2 Å². The normalized spacial score (nSPS) is 13.6. The molecule has 1 N–H and O–H groups in total. The summed E-state index contributed by atoms with van der Waals surface area (Å²) in [6.07, 6.45) is 5.56. The smallest absolute Gasteiger partial charge is 0.243 e. The molecule has 0 rings (SSSR count). The van der Waals surface area contributed by atoms with Gasteiger partial charge in [-0.05, 0) is 25.8 Å². The first kappa shape index (κ1) is 12.2. The summed E-state index contributed by atoms with van der Waals surface area (Å²) < 4.78 is 0. The van der Waals surface area contributed by atoms with E-state index in [0.29, 0.717) is 5.92 Å². The molecule has 0 saturated heterocycles. The number of allylic oxidation sites excluding steroid dienone is 1. The maximum Gasteiger partial charge on any atom is 0.243 e. The molecular weight excluding hydrogens is 162 g/mol. The number of carbonyl (C=O) groups is 1. The van der Waals surface area contributed by atoms with E-state index in [4.69, 9.17) is 0 Å². The molecule has 2 nitrogen and oxygen atoms in total. The molecule has 13 heavy (non-hydrogen) atoms. The Bertz CT molecular complexity index is 171. The van der Waals surface area contributed by atoms with Gasteiger partial charge in [0.15, 0.2) is 0 Å². The molecule has 2 heteroatoms. The molecule has 0 aromatic heterocycles. The van der Waals surface area contributed by atoms with Crippen LogP contribution >= 0.6 is 0 Å². The molecule has 1 unspecified atom stereocenters. The molecule has 0 aliphatic heterocycles. The van der Waals surface area contributed by atoms with Gasteiger partial charge in [-0.25, -0.2) is 0 Å². The van der Waals surface area contributed by atoms with E-state index in [9.17, 15) is 4.79 Å². The van der Waals surface area contributed by atoms with Crippen LogP contribution < -0.4 is 5.32 Å². The zero-order valence-electron chi connectivity index (χ0n) is 9.13. The highest BCUT2D eigenvalue weighted by Gasteiger charge is 2.13. The van der Waals surface area contributed by atoms with Crippen LogP contribution in [0.5, 0.6) is 0 Å². The minimum Gasteiger partial charge on any atom is -0.350 e. The van der Waals surface area contributed by atoms with Gasteiger partial charge < -0.3 is 5.32 Å². The van der Waals surface area contributed by atoms with Crippen molar-refractivity contribution in [1.82, 2.24) is 5.32 Å². The van der Waals surface area contributed by atoms with Crippen molar-refractivity contribution in [1.29, 1.82) is 0 Å². The first-order valence-electron chi connectivity index (χ1n) is 5.08. The Morgan fingerprint density at radius 1 is 1.38 bits per heavy atom. The van der Waals surface area contributed by atoms with Gasteiger partial charge in [-0.1, -0.05) is 32.8 Å². The minimum absolute atomic E-state index is 0.0156. The van der Waals surface area contributed by atoms with E-state index in [0.717, 1.165) is 12.8 Å². The fraction of sp³-hybridized carbons (Fsp3) is 0.727. The maximum atomic E-state index is 11.2. The summed E-state index contributed by atoms with van der Waals surface area (Å²) in [5.74, 6) is 0.608. The molecular formula is C11H21NO. The van der Waals surface area contributed by atoms with Gasteiger partial charge in [0.25, 0.3) is 0 Å². The molecule has 0 spiro atoms. The predicted octanol–water partition coefficient (Wildman–Crippen LogP) is 2.50. The van der Waals surface area contributed by atoms with Gasteiger partial charge in [-0.2, -0.15) is 0 Å². The van der Waals surface area contributed by atoms with E-state index in [1.54, 1.807) is 12.2 Å². The maximum absolute atomic E-state index is 11.2. The lowest BCUT2D eigenvalue weighted by molar-refractivity contribution is -0.117. The van der Waals surface area contributed by atoms with Crippen molar-refractivity contribution in [2.75, 3.05) is 0 Å². The molecule has 0 aromatic rings. The van der Waals surface area contributed by atoms with Crippen molar-refractivity contribution >= 4 is 5.91 Å². The number of hydrogen-bond acceptors (Lipinski definition) is 1. The van der Waals surface area contributed by atoms with Crippen LogP contribution in [-0.2, 0) is 4.79 Å². The Kier molecular flexibility index (Phi) is 6.29. The Morgan fingerprint density at radius 2 is 1.92 bits per heavy atom. The highest BCUT2D eigenvalue weighted by molar-refractivity contribution is 5.87. The first-order chi connectivity index (χ1) is 6.15. The van der Waals surface area contributed by atoms with Crippen LogP contribution in [0, 0.1) is 5.92 Å². The van der Waals surface area contributed by atoms with Crippen LogP contribution in [0.4, 0.5) is 0 Å². The van der Waals surface area contributed by atoms with Crippen LogP contribution in [0.2, 0.25) is 0 Å². The first-order valence-corrected chi connectivity index (χ1v) is 5.08. The molecule has 0 aromatic carbocycles. The second kappa shape index (κ2) is 6.70. The highest BCUT2D eigenvalue weighted by Crippen LogP contribution is 2.12. The van der Waals surface area contributed by atoms with E-state index < -0.39 is 0 Å². The number of hydrogen-bond donors (Lipinski definition) is 1. The Morgan fingerprint density at radius 3 is 2.31 bits per heavy atom. The van der Waals surface area contributed by atoms with Crippen LogP contribution in [-0.4, -0.2) is 11.9 Å².